The zero-order valence-corrected chi connectivity index (χ0v) is 25.5. The van der Waals surface area contributed by atoms with E-state index in [1.165, 1.54) is 22.8 Å². The molecule has 8 nitrogen and oxygen atoms in total. The van der Waals surface area contributed by atoms with Gasteiger partial charge in [-0.15, -0.1) is 0 Å². The van der Waals surface area contributed by atoms with E-state index in [-0.39, 0.29) is 65.1 Å². The predicted octanol–water partition coefficient (Wildman–Crippen LogP) is 5.86. The van der Waals surface area contributed by atoms with Crippen LogP contribution in [0.2, 0.25) is 0 Å². The number of carbonyl (C=O) groups is 1. The number of aromatic nitrogens is 2. The summed E-state index contributed by atoms with van der Waals surface area (Å²) in [5.41, 5.74) is 5.59. The van der Waals surface area contributed by atoms with Crippen molar-refractivity contribution in [2.75, 3.05) is 30.3 Å². The van der Waals surface area contributed by atoms with Crippen LogP contribution >= 0.6 is 0 Å². The van der Waals surface area contributed by atoms with Crippen molar-refractivity contribution in [2.24, 2.45) is 0 Å². The van der Waals surface area contributed by atoms with Crippen LogP contribution in [0, 0.1) is 24.4 Å². The van der Waals surface area contributed by atoms with Gasteiger partial charge in [-0.2, -0.15) is 0 Å². The van der Waals surface area contributed by atoms with Crippen molar-refractivity contribution in [3.8, 4) is 22.6 Å². The molecule has 2 aromatic heterocycles. The number of hydrogen-bond donors (Lipinski definition) is 1. The van der Waals surface area contributed by atoms with Crippen molar-refractivity contribution in [3.63, 3.8) is 0 Å². The minimum absolute atomic E-state index is 0.0596. The number of nitrogens with two attached hydrogens (primary N) is 1. The van der Waals surface area contributed by atoms with Crippen LogP contribution in [-0.4, -0.2) is 52.1 Å². The number of benzene rings is 2. The number of ether oxygens (including phenoxy) is 1. The molecule has 11 heteroatoms. The lowest BCUT2D eigenvalue weighted by atomic mass is 9.96. The van der Waals surface area contributed by atoms with E-state index in [0.29, 0.717) is 29.9 Å². The molecular formula is C34H34F3N5O3. The van der Waals surface area contributed by atoms with Crippen molar-refractivity contribution in [2.45, 2.75) is 52.1 Å². The van der Waals surface area contributed by atoms with Gasteiger partial charge in [0.15, 0.2) is 5.82 Å². The van der Waals surface area contributed by atoms with E-state index in [0.717, 1.165) is 12.1 Å². The fraction of sp³-hybridized carbons (Fsp3) is 0.324. The Balaban J connectivity index is 1.76. The van der Waals surface area contributed by atoms with Gasteiger partial charge in [-0.25, -0.2) is 13.2 Å². The summed E-state index contributed by atoms with van der Waals surface area (Å²) in [5, 5.41) is 0.0683. The molecular weight excluding hydrogens is 583 g/mol. The quantitative estimate of drug-likeness (QED) is 0.228. The van der Waals surface area contributed by atoms with Crippen molar-refractivity contribution in [3.05, 3.63) is 88.2 Å². The molecule has 0 saturated carbocycles. The third-order valence-corrected chi connectivity index (χ3v) is 8.79. The molecule has 4 heterocycles. The molecule has 2 atom stereocenters. The van der Waals surface area contributed by atoms with Gasteiger partial charge in [0, 0.05) is 48.4 Å². The summed E-state index contributed by atoms with van der Waals surface area (Å²) in [6.45, 7) is 11.8. The number of fused-ring (bicyclic) bond motifs is 5. The molecule has 1 saturated heterocycles. The highest BCUT2D eigenvalue weighted by atomic mass is 19.1. The minimum atomic E-state index is -1.14. The van der Waals surface area contributed by atoms with Gasteiger partial charge in [0.25, 0.3) is 5.56 Å². The number of halogens is 3. The zero-order chi connectivity index (χ0) is 32.3. The van der Waals surface area contributed by atoms with E-state index in [1.807, 2.05) is 25.7 Å². The SMILES string of the molecule is C=CC(=O)N1CC2CCOc3c(c4cc(F)c(-c5c(N)cccc5F)c(F)c4n(-c4c(C)ccnc4C(C)C)c3=O)N2CC1C. The normalized spacial score (nSPS) is 18.0. The van der Waals surface area contributed by atoms with Crippen LogP contribution in [0.15, 0.2) is 54.0 Å². The second-order valence-corrected chi connectivity index (χ2v) is 12.0. The molecule has 1 amide bonds. The maximum Gasteiger partial charge on any atom is 0.300 e. The van der Waals surface area contributed by atoms with Crippen LogP contribution in [0.1, 0.15) is 44.4 Å². The summed E-state index contributed by atoms with van der Waals surface area (Å²) >= 11 is 0. The average molecular weight is 618 g/mol. The molecule has 0 spiro atoms. The van der Waals surface area contributed by atoms with Crippen LogP contribution in [0.4, 0.5) is 24.5 Å². The number of nitrogens with zero attached hydrogens (tertiary/aromatic N) is 4. The average Bonchev–Trinajstić information content (AvgIpc) is 3.18. The van der Waals surface area contributed by atoms with Gasteiger partial charge in [0.2, 0.25) is 11.7 Å². The van der Waals surface area contributed by atoms with Crippen molar-refractivity contribution in [1.82, 2.24) is 14.5 Å². The first-order valence-electron chi connectivity index (χ1n) is 14.9. The van der Waals surface area contributed by atoms with E-state index in [1.54, 1.807) is 24.1 Å². The van der Waals surface area contributed by atoms with Gasteiger partial charge in [-0.1, -0.05) is 26.5 Å². The summed E-state index contributed by atoms with van der Waals surface area (Å²) in [5.74, 6) is -3.57. The molecule has 2 aromatic carbocycles. The van der Waals surface area contributed by atoms with Gasteiger partial charge in [-0.3, -0.25) is 19.1 Å². The summed E-state index contributed by atoms with van der Waals surface area (Å²) < 4.78 is 55.9. The van der Waals surface area contributed by atoms with Crippen LogP contribution in [0.3, 0.4) is 0 Å². The van der Waals surface area contributed by atoms with E-state index < -0.39 is 34.1 Å². The Morgan fingerprint density at radius 1 is 1.13 bits per heavy atom. The number of hydrogen-bond acceptors (Lipinski definition) is 6. The van der Waals surface area contributed by atoms with Crippen LogP contribution in [0.25, 0.3) is 27.7 Å². The predicted molar refractivity (Wildman–Crippen MR) is 169 cm³/mol. The summed E-state index contributed by atoms with van der Waals surface area (Å²) in [7, 11) is 0. The largest absolute Gasteiger partial charge is 0.486 e. The number of carbonyl (C=O) groups excluding carboxylic acids is 1. The Kier molecular flexibility index (Phi) is 7.58. The molecule has 0 bridgehead atoms. The van der Waals surface area contributed by atoms with Gasteiger partial charge in [0.1, 0.15) is 11.6 Å². The van der Waals surface area contributed by atoms with Crippen LogP contribution in [0.5, 0.6) is 5.75 Å². The third-order valence-electron chi connectivity index (χ3n) is 8.79. The van der Waals surface area contributed by atoms with Crippen molar-refractivity contribution in [1.29, 1.82) is 0 Å². The summed E-state index contributed by atoms with van der Waals surface area (Å²) in [6.07, 6.45) is 3.31. The first-order valence-corrected chi connectivity index (χ1v) is 14.9. The molecule has 1 fully saturated rings. The number of amides is 1. The minimum Gasteiger partial charge on any atom is -0.486 e. The van der Waals surface area contributed by atoms with Crippen molar-refractivity contribution >= 4 is 28.2 Å². The molecule has 2 aliphatic rings. The van der Waals surface area contributed by atoms with Crippen LogP contribution in [-0.2, 0) is 4.79 Å². The zero-order valence-electron chi connectivity index (χ0n) is 25.5. The highest BCUT2D eigenvalue weighted by molar-refractivity contribution is 6.00. The van der Waals surface area contributed by atoms with Gasteiger partial charge in [-0.05, 0) is 55.7 Å². The molecule has 2 aliphatic heterocycles. The van der Waals surface area contributed by atoms with Gasteiger partial charge in [0.05, 0.1) is 40.8 Å². The van der Waals surface area contributed by atoms with Gasteiger partial charge < -0.3 is 20.3 Å². The van der Waals surface area contributed by atoms with E-state index in [4.69, 9.17) is 10.5 Å². The number of piperazine rings is 1. The van der Waals surface area contributed by atoms with E-state index in [9.17, 15) is 9.59 Å². The van der Waals surface area contributed by atoms with E-state index in [2.05, 4.69) is 11.6 Å². The maximum absolute atomic E-state index is 17.2. The molecule has 0 radical (unpaired) electrons. The second-order valence-electron chi connectivity index (χ2n) is 12.0. The monoisotopic (exact) mass is 617 g/mol. The van der Waals surface area contributed by atoms with Gasteiger partial charge >= 0.3 is 0 Å². The Labute approximate surface area is 258 Å². The van der Waals surface area contributed by atoms with Crippen LogP contribution < -0.4 is 20.9 Å². The molecule has 4 aromatic rings. The molecule has 2 N–H and O–H groups in total. The highest BCUT2D eigenvalue weighted by Crippen LogP contribution is 2.45. The fourth-order valence-corrected chi connectivity index (χ4v) is 6.66. The molecule has 45 heavy (non-hydrogen) atoms. The number of nitrogen functional groups attached to an aromatic ring is 1. The Bertz CT molecular complexity index is 1920. The lowest BCUT2D eigenvalue weighted by Gasteiger charge is -2.45. The molecule has 6 rings (SSSR count). The topological polar surface area (TPSA) is 93.7 Å². The fourth-order valence-electron chi connectivity index (χ4n) is 6.66. The number of pyridine rings is 2. The Morgan fingerprint density at radius 2 is 1.89 bits per heavy atom. The smallest absolute Gasteiger partial charge is 0.300 e. The number of rotatable bonds is 4. The Hall–Kier alpha value is -4.80. The highest BCUT2D eigenvalue weighted by Gasteiger charge is 2.40. The summed E-state index contributed by atoms with van der Waals surface area (Å²) in [4.78, 5) is 35.4. The second kappa shape index (κ2) is 11.3. The standard InChI is InChI=1S/C34H34F3N5O3/c1-6-25(43)40-16-20-11-13-45-33-32(41(20)15-19(40)5)21-14-23(36)27(26-22(35)8-7-9-24(26)38)28(37)31(21)42(34(33)44)30-18(4)10-12-39-29(30)17(2)3/h6-10,12,14,17,19-20H,1,11,13,15-16,38H2,2-5H3. The lowest BCUT2D eigenvalue weighted by Crippen LogP contribution is -2.59. The molecule has 0 aliphatic carbocycles. The molecule has 234 valence electrons. The third kappa shape index (κ3) is 4.72. The summed E-state index contributed by atoms with van der Waals surface area (Å²) in [6, 6.07) is 5.98. The Morgan fingerprint density at radius 3 is 2.58 bits per heavy atom. The maximum atomic E-state index is 17.2. The number of aryl methyl sites for hydroxylation is 1. The van der Waals surface area contributed by atoms with Crippen molar-refractivity contribution < 1.29 is 22.7 Å². The first kappa shape index (κ1) is 30.2. The lowest BCUT2D eigenvalue weighted by molar-refractivity contribution is -0.128. The first-order chi connectivity index (χ1) is 21.5. The molecule has 2 unspecified atom stereocenters. The number of anilines is 2. The van der Waals surface area contributed by atoms with E-state index >= 15 is 13.2 Å².